The number of amides is 1. The number of aliphatic hydroxyl groups excluding tert-OH is 1. The molecule has 0 atom stereocenters. The summed E-state index contributed by atoms with van der Waals surface area (Å²) >= 11 is 1.57. The average molecular weight is 602 g/mol. The molecule has 6 rings (SSSR count). The number of carbonyl (C=O) groups excluding carboxylic acids is 1. The van der Waals surface area contributed by atoms with Gasteiger partial charge in [-0.25, -0.2) is 9.37 Å². The maximum absolute atomic E-state index is 15.3. The number of halogens is 1. The maximum Gasteiger partial charge on any atom is 0.274 e. The number of thiophene rings is 1. The van der Waals surface area contributed by atoms with Gasteiger partial charge in [-0.15, -0.1) is 11.3 Å². The predicted octanol–water partition coefficient (Wildman–Crippen LogP) is 5.42. The van der Waals surface area contributed by atoms with Gasteiger partial charge >= 0.3 is 0 Å². The molecule has 0 fully saturated rings. The van der Waals surface area contributed by atoms with E-state index in [0.29, 0.717) is 41.2 Å². The second-order valence-electron chi connectivity index (χ2n) is 11.4. The lowest BCUT2D eigenvalue weighted by Crippen LogP contribution is -2.37. The fraction of sp³-hybridized carbons (Fsp3) is 0.364. The van der Waals surface area contributed by atoms with Crippen molar-refractivity contribution in [1.82, 2.24) is 14.5 Å². The molecule has 2 N–H and O–H groups in total. The molecule has 1 aromatic carbocycles. The summed E-state index contributed by atoms with van der Waals surface area (Å²) in [7, 11) is 3.66. The minimum atomic E-state index is -0.524. The van der Waals surface area contributed by atoms with E-state index in [4.69, 9.17) is 0 Å². The molecule has 224 valence electrons. The Kier molecular flexibility index (Phi) is 8.17. The topological polar surface area (TPSA) is 90.7 Å². The van der Waals surface area contributed by atoms with Crippen molar-refractivity contribution in [2.24, 2.45) is 7.05 Å². The number of carbonyl (C=O) groups is 1. The SMILES string of the molecule is CCN(C)Cc1ccc(Nc2cc(-c3cc(F)cc(N4CCc5c(sc6c5CCCC6)C4=O)c3CO)cn(C)c2=O)nc1. The number of aryl methyl sites for hydroxylation is 2. The fourth-order valence-corrected chi connectivity index (χ4v) is 7.52. The van der Waals surface area contributed by atoms with Crippen LogP contribution in [0.5, 0.6) is 0 Å². The third-order valence-corrected chi connectivity index (χ3v) is 9.84. The van der Waals surface area contributed by atoms with Gasteiger partial charge in [-0.05, 0) is 92.2 Å². The van der Waals surface area contributed by atoms with Gasteiger partial charge in [0.15, 0.2) is 0 Å². The molecule has 0 unspecified atom stereocenters. The Morgan fingerprint density at radius 3 is 2.67 bits per heavy atom. The molecule has 43 heavy (non-hydrogen) atoms. The lowest BCUT2D eigenvalue weighted by molar-refractivity contribution is 0.0984. The van der Waals surface area contributed by atoms with E-state index in [0.717, 1.165) is 54.8 Å². The van der Waals surface area contributed by atoms with Crippen LogP contribution in [-0.4, -0.2) is 45.6 Å². The molecule has 4 aromatic rings. The van der Waals surface area contributed by atoms with Crippen LogP contribution in [0.3, 0.4) is 0 Å². The van der Waals surface area contributed by atoms with Crippen molar-refractivity contribution < 1.29 is 14.3 Å². The molecular formula is C33H36FN5O3S. The van der Waals surface area contributed by atoms with Crippen molar-refractivity contribution in [3.05, 3.63) is 90.9 Å². The number of pyridine rings is 2. The number of hydrogen-bond acceptors (Lipinski definition) is 7. The first-order valence-electron chi connectivity index (χ1n) is 14.8. The molecule has 8 nitrogen and oxygen atoms in total. The average Bonchev–Trinajstić information content (AvgIpc) is 3.39. The Morgan fingerprint density at radius 2 is 1.93 bits per heavy atom. The maximum atomic E-state index is 15.3. The summed E-state index contributed by atoms with van der Waals surface area (Å²) in [4.78, 5) is 37.2. The number of nitrogens with zero attached hydrogens (tertiary/aromatic N) is 4. The summed E-state index contributed by atoms with van der Waals surface area (Å²) in [6, 6.07) is 8.10. The highest BCUT2D eigenvalue weighted by molar-refractivity contribution is 7.14. The van der Waals surface area contributed by atoms with E-state index in [9.17, 15) is 14.7 Å². The number of anilines is 3. The van der Waals surface area contributed by atoms with Crippen molar-refractivity contribution in [2.75, 3.05) is 30.4 Å². The van der Waals surface area contributed by atoms with Gasteiger partial charge in [0.05, 0.1) is 17.2 Å². The minimum absolute atomic E-state index is 0.144. The van der Waals surface area contributed by atoms with Crippen LogP contribution in [0.4, 0.5) is 21.6 Å². The molecule has 0 saturated heterocycles. The molecule has 10 heteroatoms. The van der Waals surface area contributed by atoms with Crippen LogP contribution in [0.2, 0.25) is 0 Å². The highest BCUT2D eigenvalue weighted by atomic mass is 32.1. The first kappa shape index (κ1) is 29.2. The summed E-state index contributed by atoms with van der Waals surface area (Å²) < 4.78 is 16.7. The van der Waals surface area contributed by atoms with Crippen LogP contribution in [-0.2, 0) is 39.5 Å². The number of nitrogens with one attached hydrogen (secondary N) is 1. The van der Waals surface area contributed by atoms with E-state index in [1.165, 1.54) is 27.1 Å². The van der Waals surface area contributed by atoms with Crippen molar-refractivity contribution in [3.8, 4) is 11.1 Å². The number of rotatable bonds is 8. The molecule has 3 aromatic heterocycles. The summed E-state index contributed by atoms with van der Waals surface area (Å²) in [5, 5.41) is 13.7. The van der Waals surface area contributed by atoms with E-state index in [2.05, 4.69) is 22.1 Å². The van der Waals surface area contributed by atoms with Gasteiger partial charge in [0.1, 0.15) is 17.3 Å². The van der Waals surface area contributed by atoms with Gasteiger partial charge < -0.3 is 24.8 Å². The minimum Gasteiger partial charge on any atom is -0.392 e. The Labute approximate surface area is 254 Å². The number of benzene rings is 1. The molecule has 2 aliphatic rings. The Morgan fingerprint density at radius 1 is 1.12 bits per heavy atom. The van der Waals surface area contributed by atoms with Crippen LogP contribution in [0, 0.1) is 5.82 Å². The zero-order valence-corrected chi connectivity index (χ0v) is 25.6. The van der Waals surface area contributed by atoms with Gasteiger partial charge in [-0.2, -0.15) is 0 Å². The molecule has 4 heterocycles. The van der Waals surface area contributed by atoms with Crippen molar-refractivity contribution in [1.29, 1.82) is 0 Å². The van der Waals surface area contributed by atoms with E-state index in [1.54, 1.807) is 41.7 Å². The summed E-state index contributed by atoms with van der Waals surface area (Å²) in [6.07, 6.45) is 8.40. The molecule has 0 spiro atoms. The Bertz CT molecular complexity index is 1750. The van der Waals surface area contributed by atoms with Gasteiger partial charge in [-0.3, -0.25) is 9.59 Å². The first-order valence-corrected chi connectivity index (χ1v) is 15.6. The highest BCUT2D eigenvalue weighted by Gasteiger charge is 2.33. The predicted molar refractivity (Wildman–Crippen MR) is 169 cm³/mol. The number of aromatic nitrogens is 2. The lowest BCUT2D eigenvalue weighted by Gasteiger charge is -2.30. The van der Waals surface area contributed by atoms with E-state index >= 15 is 4.39 Å². The third-order valence-electron chi connectivity index (χ3n) is 8.52. The second kappa shape index (κ2) is 12.0. The lowest BCUT2D eigenvalue weighted by atomic mass is 9.91. The van der Waals surface area contributed by atoms with Crippen LogP contribution >= 0.6 is 11.3 Å². The smallest absolute Gasteiger partial charge is 0.274 e. The largest absolute Gasteiger partial charge is 0.392 e. The summed E-state index contributed by atoms with van der Waals surface area (Å²) in [5.74, 6) is -0.161. The quantitative estimate of drug-likeness (QED) is 0.281. The van der Waals surface area contributed by atoms with Gasteiger partial charge in [0.25, 0.3) is 11.5 Å². The first-order chi connectivity index (χ1) is 20.8. The normalized spacial score (nSPS) is 14.7. The van der Waals surface area contributed by atoms with Crippen LogP contribution in [0.25, 0.3) is 11.1 Å². The standard InChI is InChI=1S/C33H36FN5O3S/c1-4-37(2)17-20-9-10-30(35-16-20)36-27-13-21(18-38(3)32(27)41)25-14-22(34)15-28(26(25)19-40)39-12-11-24-23-7-5-6-8-29(23)43-31(24)33(39)42/h9-10,13-16,18,40H,4-8,11-12,17,19H2,1-3H3,(H,35,36). The summed E-state index contributed by atoms with van der Waals surface area (Å²) in [6.45, 7) is 3.79. The molecule has 1 amide bonds. The number of aliphatic hydroxyl groups is 1. The second-order valence-corrected chi connectivity index (χ2v) is 12.5. The molecule has 0 bridgehead atoms. The molecule has 0 saturated carbocycles. The summed E-state index contributed by atoms with van der Waals surface area (Å²) in [5.41, 5.74) is 5.28. The van der Waals surface area contributed by atoms with Gasteiger partial charge in [0.2, 0.25) is 0 Å². The van der Waals surface area contributed by atoms with Gasteiger partial charge in [0, 0.05) is 48.5 Å². The van der Waals surface area contributed by atoms with Crippen LogP contribution < -0.4 is 15.8 Å². The number of hydrogen-bond donors (Lipinski definition) is 2. The molecule has 0 radical (unpaired) electrons. The van der Waals surface area contributed by atoms with Crippen molar-refractivity contribution in [3.63, 3.8) is 0 Å². The molecule has 1 aliphatic heterocycles. The van der Waals surface area contributed by atoms with Crippen molar-refractivity contribution in [2.45, 2.75) is 52.2 Å². The zero-order chi connectivity index (χ0) is 30.2. The monoisotopic (exact) mass is 601 g/mol. The molecule has 1 aliphatic carbocycles. The Balaban J connectivity index is 1.35. The number of fused-ring (bicyclic) bond motifs is 3. The van der Waals surface area contributed by atoms with E-state index in [-0.39, 0.29) is 17.2 Å². The van der Waals surface area contributed by atoms with E-state index < -0.39 is 12.4 Å². The Hall–Kier alpha value is -3.86. The van der Waals surface area contributed by atoms with E-state index in [1.807, 2.05) is 19.2 Å². The van der Waals surface area contributed by atoms with Crippen LogP contribution in [0.15, 0.2) is 47.5 Å². The third kappa shape index (κ3) is 5.62. The fourth-order valence-electron chi connectivity index (χ4n) is 6.13. The highest BCUT2D eigenvalue weighted by Crippen LogP contribution is 2.41. The van der Waals surface area contributed by atoms with Crippen molar-refractivity contribution >= 4 is 34.4 Å². The molecular weight excluding hydrogens is 565 g/mol. The van der Waals surface area contributed by atoms with Crippen LogP contribution in [0.1, 0.15) is 56.6 Å². The zero-order valence-electron chi connectivity index (χ0n) is 24.7. The van der Waals surface area contributed by atoms with Gasteiger partial charge in [-0.1, -0.05) is 13.0 Å².